The van der Waals surface area contributed by atoms with Crippen LogP contribution >= 0.6 is 0 Å². The standard InChI is InChI=1S/C22H25FN4O2/c1-15(28)26-10-8-17(13-26)22-24-12-18-14-27(11-9-20(18)25-22)21(29)7-6-16-4-2-3-5-19(16)23/h2-5,12,17H,6-11,13-14H2,1H3/t17-/m1/s1. The molecule has 1 atom stereocenters. The Balaban J connectivity index is 1.37. The van der Waals surface area contributed by atoms with E-state index in [1.807, 2.05) is 11.1 Å². The number of fused-ring (bicyclic) bond motifs is 1. The molecule has 1 aromatic heterocycles. The summed E-state index contributed by atoms with van der Waals surface area (Å²) in [6, 6.07) is 6.58. The van der Waals surface area contributed by atoms with E-state index in [2.05, 4.69) is 4.98 Å². The summed E-state index contributed by atoms with van der Waals surface area (Å²) < 4.78 is 13.8. The van der Waals surface area contributed by atoms with Crippen LogP contribution in [0, 0.1) is 5.82 Å². The van der Waals surface area contributed by atoms with Crippen LogP contribution in [-0.2, 0) is 29.0 Å². The van der Waals surface area contributed by atoms with E-state index in [9.17, 15) is 14.0 Å². The summed E-state index contributed by atoms with van der Waals surface area (Å²) >= 11 is 0. The fourth-order valence-corrected chi connectivity index (χ4v) is 4.10. The highest BCUT2D eigenvalue weighted by Crippen LogP contribution is 2.26. The summed E-state index contributed by atoms with van der Waals surface area (Å²) in [6.07, 6.45) is 4.10. The van der Waals surface area contributed by atoms with Crippen LogP contribution in [0.2, 0.25) is 0 Å². The van der Waals surface area contributed by atoms with Crippen LogP contribution < -0.4 is 0 Å². The van der Waals surface area contributed by atoms with Gasteiger partial charge in [-0.05, 0) is 24.5 Å². The van der Waals surface area contributed by atoms with Crippen LogP contribution in [0.25, 0.3) is 0 Å². The van der Waals surface area contributed by atoms with Gasteiger partial charge in [0.05, 0.1) is 5.69 Å². The third-order valence-corrected chi connectivity index (χ3v) is 5.87. The molecule has 0 unspecified atom stereocenters. The number of aryl methyl sites for hydroxylation is 1. The third kappa shape index (κ3) is 4.28. The van der Waals surface area contributed by atoms with Crippen LogP contribution in [0.15, 0.2) is 30.5 Å². The van der Waals surface area contributed by atoms with Crippen molar-refractivity contribution in [2.24, 2.45) is 0 Å². The van der Waals surface area contributed by atoms with E-state index in [1.54, 1.807) is 30.0 Å². The number of nitrogens with zero attached hydrogens (tertiary/aromatic N) is 4. The molecule has 1 aromatic carbocycles. The number of aromatic nitrogens is 2. The first-order chi connectivity index (χ1) is 14.0. The average molecular weight is 396 g/mol. The van der Waals surface area contributed by atoms with E-state index in [0.29, 0.717) is 38.0 Å². The Kier molecular flexibility index (Phi) is 5.56. The van der Waals surface area contributed by atoms with Crippen LogP contribution in [0.4, 0.5) is 4.39 Å². The fourth-order valence-electron chi connectivity index (χ4n) is 4.10. The Labute approximate surface area is 169 Å². The molecule has 0 radical (unpaired) electrons. The number of hydrogen-bond donors (Lipinski definition) is 0. The maximum absolute atomic E-state index is 13.8. The molecular formula is C22H25FN4O2. The number of hydrogen-bond acceptors (Lipinski definition) is 4. The number of carbonyl (C=O) groups is 2. The molecular weight excluding hydrogens is 371 g/mol. The van der Waals surface area contributed by atoms with Gasteiger partial charge >= 0.3 is 0 Å². The van der Waals surface area contributed by atoms with Crippen molar-refractivity contribution in [2.45, 2.75) is 45.1 Å². The van der Waals surface area contributed by atoms with Crippen LogP contribution in [0.1, 0.15) is 48.3 Å². The first kappa shape index (κ1) is 19.5. The molecule has 1 saturated heterocycles. The van der Waals surface area contributed by atoms with Gasteiger partial charge in [-0.1, -0.05) is 18.2 Å². The minimum atomic E-state index is -0.263. The molecule has 2 aliphatic heterocycles. The predicted octanol–water partition coefficient (Wildman–Crippen LogP) is 2.47. The summed E-state index contributed by atoms with van der Waals surface area (Å²) in [5.41, 5.74) is 2.54. The first-order valence-corrected chi connectivity index (χ1v) is 10.1. The van der Waals surface area contributed by atoms with Gasteiger partial charge in [-0.2, -0.15) is 0 Å². The fraction of sp³-hybridized carbons (Fsp3) is 0.455. The highest BCUT2D eigenvalue weighted by atomic mass is 19.1. The Bertz CT molecular complexity index is 933. The van der Waals surface area contributed by atoms with Crippen LogP contribution in [-0.4, -0.2) is 51.2 Å². The molecule has 7 heteroatoms. The molecule has 0 aliphatic carbocycles. The Morgan fingerprint density at radius 1 is 1.21 bits per heavy atom. The van der Waals surface area contributed by atoms with Crippen molar-refractivity contribution < 1.29 is 14.0 Å². The van der Waals surface area contributed by atoms with Gasteiger partial charge in [-0.25, -0.2) is 14.4 Å². The Hall–Kier alpha value is -2.83. The number of rotatable bonds is 4. The van der Waals surface area contributed by atoms with E-state index in [-0.39, 0.29) is 30.0 Å². The van der Waals surface area contributed by atoms with Crippen molar-refractivity contribution in [2.75, 3.05) is 19.6 Å². The minimum absolute atomic E-state index is 0.0240. The highest BCUT2D eigenvalue weighted by Gasteiger charge is 2.29. The summed E-state index contributed by atoms with van der Waals surface area (Å²) in [4.78, 5) is 37.1. The van der Waals surface area contributed by atoms with E-state index >= 15 is 0 Å². The molecule has 1 fully saturated rings. The molecule has 29 heavy (non-hydrogen) atoms. The van der Waals surface area contributed by atoms with E-state index in [0.717, 1.165) is 30.0 Å². The highest BCUT2D eigenvalue weighted by molar-refractivity contribution is 5.76. The molecule has 2 aliphatic rings. The van der Waals surface area contributed by atoms with Crippen molar-refractivity contribution >= 4 is 11.8 Å². The third-order valence-electron chi connectivity index (χ3n) is 5.87. The van der Waals surface area contributed by atoms with Crippen molar-refractivity contribution in [1.82, 2.24) is 19.8 Å². The van der Waals surface area contributed by atoms with Gasteiger partial charge < -0.3 is 9.80 Å². The normalized spacial score (nSPS) is 18.6. The first-order valence-electron chi connectivity index (χ1n) is 10.1. The van der Waals surface area contributed by atoms with Crippen molar-refractivity contribution in [1.29, 1.82) is 0 Å². The van der Waals surface area contributed by atoms with Gasteiger partial charge in [0.2, 0.25) is 11.8 Å². The molecule has 0 saturated carbocycles. The lowest BCUT2D eigenvalue weighted by Gasteiger charge is -2.28. The van der Waals surface area contributed by atoms with Crippen LogP contribution in [0.5, 0.6) is 0 Å². The summed E-state index contributed by atoms with van der Waals surface area (Å²) in [6.45, 7) is 4.13. The van der Waals surface area contributed by atoms with E-state index in [1.165, 1.54) is 6.07 Å². The topological polar surface area (TPSA) is 66.4 Å². The molecule has 0 spiro atoms. The van der Waals surface area contributed by atoms with Gasteiger partial charge in [0, 0.05) is 63.6 Å². The minimum Gasteiger partial charge on any atom is -0.342 e. The zero-order valence-corrected chi connectivity index (χ0v) is 16.6. The maximum atomic E-state index is 13.8. The zero-order chi connectivity index (χ0) is 20.4. The average Bonchev–Trinajstić information content (AvgIpc) is 3.23. The second kappa shape index (κ2) is 8.27. The second-order valence-electron chi connectivity index (χ2n) is 7.81. The molecule has 6 nitrogen and oxygen atoms in total. The zero-order valence-electron chi connectivity index (χ0n) is 16.6. The molecule has 152 valence electrons. The Morgan fingerprint density at radius 2 is 2.03 bits per heavy atom. The number of benzene rings is 1. The molecule has 2 aromatic rings. The summed E-state index contributed by atoms with van der Waals surface area (Å²) in [5, 5.41) is 0. The molecule has 0 bridgehead atoms. The van der Waals surface area contributed by atoms with E-state index in [4.69, 9.17) is 4.98 Å². The quantitative estimate of drug-likeness (QED) is 0.796. The number of amides is 2. The number of likely N-dealkylation sites (tertiary alicyclic amines) is 1. The van der Waals surface area contributed by atoms with Crippen molar-refractivity contribution in [3.8, 4) is 0 Å². The van der Waals surface area contributed by atoms with Gasteiger partial charge in [0.15, 0.2) is 0 Å². The van der Waals surface area contributed by atoms with Crippen molar-refractivity contribution in [3.63, 3.8) is 0 Å². The summed E-state index contributed by atoms with van der Waals surface area (Å²) in [7, 11) is 0. The molecule has 0 N–H and O–H groups in total. The van der Waals surface area contributed by atoms with Crippen molar-refractivity contribution in [3.05, 3.63) is 58.9 Å². The largest absolute Gasteiger partial charge is 0.342 e. The summed E-state index contributed by atoms with van der Waals surface area (Å²) in [5.74, 6) is 0.836. The lowest BCUT2D eigenvalue weighted by Crippen LogP contribution is -2.36. The lowest BCUT2D eigenvalue weighted by atomic mass is 10.0. The number of halogens is 1. The van der Waals surface area contributed by atoms with Gasteiger partial charge in [0.1, 0.15) is 11.6 Å². The van der Waals surface area contributed by atoms with Gasteiger partial charge in [0.25, 0.3) is 0 Å². The van der Waals surface area contributed by atoms with E-state index < -0.39 is 0 Å². The second-order valence-corrected chi connectivity index (χ2v) is 7.81. The molecule has 3 heterocycles. The Morgan fingerprint density at radius 3 is 2.79 bits per heavy atom. The van der Waals surface area contributed by atoms with Gasteiger partial charge in [-0.15, -0.1) is 0 Å². The monoisotopic (exact) mass is 396 g/mol. The van der Waals surface area contributed by atoms with Gasteiger partial charge in [-0.3, -0.25) is 9.59 Å². The smallest absolute Gasteiger partial charge is 0.223 e. The SMILES string of the molecule is CC(=O)N1CC[C@@H](c2ncc3c(n2)CCN(C(=O)CCc2ccccc2F)C3)C1. The molecule has 2 amide bonds. The lowest BCUT2D eigenvalue weighted by molar-refractivity contribution is -0.132. The van der Waals surface area contributed by atoms with Crippen LogP contribution in [0.3, 0.4) is 0 Å². The molecule has 4 rings (SSSR count). The maximum Gasteiger partial charge on any atom is 0.223 e. The number of carbonyl (C=O) groups excluding carboxylic acids is 2. The predicted molar refractivity (Wildman–Crippen MR) is 105 cm³/mol.